The number of nitrogens with one attached hydrogen (secondary N) is 1. The van der Waals surface area contributed by atoms with E-state index in [1.165, 1.54) is 76.0 Å². The van der Waals surface area contributed by atoms with Crippen molar-refractivity contribution in [2.24, 2.45) is 5.92 Å². The highest BCUT2D eigenvalue weighted by Crippen LogP contribution is 2.33. The van der Waals surface area contributed by atoms with Crippen LogP contribution in [0.2, 0.25) is 0 Å². The number of rotatable bonds is 22. The van der Waals surface area contributed by atoms with Gasteiger partial charge in [0.05, 0.1) is 17.5 Å². The second-order valence-corrected chi connectivity index (χ2v) is 14.8. The van der Waals surface area contributed by atoms with E-state index in [9.17, 15) is 19.8 Å². The lowest BCUT2D eigenvalue weighted by molar-refractivity contribution is -0.218. The molecule has 2 aliphatic heterocycles. The van der Waals surface area contributed by atoms with Crippen LogP contribution in [0.15, 0.2) is 0 Å². The molecule has 258 valence electrons. The van der Waals surface area contributed by atoms with Crippen LogP contribution in [0.3, 0.4) is 0 Å². The van der Waals surface area contributed by atoms with Crippen LogP contribution in [0.5, 0.6) is 0 Å². The van der Waals surface area contributed by atoms with E-state index in [4.69, 9.17) is 21.1 Å². The van der Waals surface area contributed by atoms with E-state index in [2.05, 4.69) is 24.1 Å². The smallest absolute Gasteiger partial charge is 0.306 e. The van der Waals surface area contributed by atoms with Crippen molar-refractivity contribution < 1.29 is 29.3 Å². The van der Waals surface area contributed by atoms with Gasteiger partial charge in [0, 0.05) is 13.0 Å². The molecule has 0 radical (unpaired) electrons. The number of aliphatic hydroxyl groups is 2. The summed E-state index contributed by atoms with van der Waals surface area (Å²) in [6.45, 7) is 7.01. The van der Waals surface area contributed by atoms with Gasteiger partial charge in [-0.2, -0.15) is 0 Å². The highest BCUT2D eigenvalue weighted by atomic mass is 35.5. The largest absolute Gasteiger partial charge is 0.456 e. The molecule has 1 amide bonds. The summed E-state index contributed by atoms with van der Waals surface area (Å²) in [6, 6.07) is -1.00. The molecular weight excluding hydrogens is 600 g/mol. The Balaban J connectivity index is 1.76. The van der Waals surface area contributed by atoms with Crippen LogP contribution in [0, 0.1) is 5.92 Å². The zero-order chi connectivity index (χ0) is 32.5. The van der Waals surface area contributed by atoms with Crippen molar-refractivity contribution in [1.82, 2.24) is 10.2 Å². The average molecular weight is 663 g/mol. The van der Waals surface area contributed by atoms with Crippen LogP contribution >= 0.6 is 23.4 Å². The molecule has 44 heavy (non-hydrogen) atoms. The minimum atomic E-state index is -1.38. The highest BCUT2D eigenvalue weighted by molar-refractivity contribution is 7.99. The van der Waals surface area contributed by atoms with Gasteiger partial charge in [0.15, 0.2) is 6.10 Å². The maximum Gasteiger partial charge on any atom is 0.306 e. The van der Waals surface area contributed by atoms with E-state index in [0.717, 1.165) is 45.1 Å². The number of halogens is 1. The fourth-order valence-electron chi connectivity index (χ4n) is 6.72. The van der Waals surface area contributed by atoms with E-state index in [-0.39, 0.29) is 18.4 Å². The molecule has 0 spiro atoms. The normalized spacial score (nSPS) is 29.0. The third-order valence-corrected chi connectivity index (χ3v) is 10.5. The molecule has 9 atom stereocenters. The zero-order valence-corrected chi connectivity index (χ0v) is 29.8. The summed E-state index contributed by atoms with van der Waals surface area (Å²) >= 11 is 7.82. The van der Waals surface area contributed by atoms with E-state index in [1.54, 1.807) is 13.2 Å². The van der Waals surface area contributed by atoms with Crippen LogP contribution in [0.1, 0.15) is 130 Å². The Labute approximate surface area is 277 Å². The first-order valence-electron chi connectivity index (χ1n) is 17.5. The van der Waals surface area contributed by atoms with Gasteiger partial charge < -0.3 is 25.0 Å². The molecule has 0 aromatic rings. The summed E-state index contributed by atoms with van der Waals surface area (Å²) in [5.41, 5.74) is -0.702. The number of amides is 1. The predicted octanol–water partition coefficient (Wildman–Crippen LogP) is 6.42. The zero-order valence-electron chi connectivity index (χ0n) is 28.2. The lowest BCUT2D eigenvalue weighted by Gasteiger charge is -2.45. The lowest BCUT2D eigenvalue weighted by atomic mass is 9.92. The maximum atomic E-state index is 13.3. The van der Waals surface area contributed by atoms with Crippen molar-refractivity contribution in [1.29, 1.82) is 0 Å². The van der Waals surface area contributed by atoms with Crippen molar-refractivity contribution in [3.8, 4) is 0 Å². The van der Waals surface area contributed by atoms with Crippen molar-refractivity contribution in [2.45, 2.75) is 177 Å². The molecule has 2 rings (SSSR count). The third-order valence-electron chi connectivity index (χ3n) is 9.36. The molecule has 2 fully saturated rings. The van der Waals surface area contributed by atoms with Gasteiger partial charge in [-0.3, -0.25) is 14.5 Å². The van der Waals surface area contributed by atoms with Gasteiger partial charge >= 0.3 is 5.97 Å². The molecule has 0 aromatic carbocycles. The summed E-state index contributed by atoms with van der Waals surface area (Å²) in [5, 5.41) is 24.6. The summed E-state index contributed by atoms with van der Waals surface area (Å²) in [5.74, 6) is -0.0742. The second-order valence-electron chi connectivity index (χ2n) is 13.2. The number of hydrogen-bond acceptors (Lipinski definition) is 8. The number of ether oxygens (including phenoxy) is 2. The molecule has 2 heterocycles. The third kappa shape index (κ3) is 13.3. The average Bonchev–Trinajstić information content (AvgIpc) is 3.36. The molecule has 0 bridgehead atoms. The first-order chi connectivity index (χ1) is 21.1. The Kier molecular flexibility index (Phi) is 19.9. The fraction of sp³-hybridized carbons (Fsp3) is 0.941. The Hall–Kier alpha value is -0.580. The van der Waals surface area contributed by atoms with Crippen LogP contribution < -0.4 is 5.32 Å². The first-order valence-corrected chi connectivity index (χ1v) is 19.2. The maximum absolute atomic E-state index is 13.3. The predicted molar refractivity (Wildman–Crippen MR) is 181 cm³/mol. The van der Waals surface area contributed by atoms with Gasteiger partial charge in [-0.25, -0.2) is 0 Å². The minimum absolute atomic E-state index is 0.152. The van der Waals surface area contributed by atoms with Crippen LogP contribution in [-0.2, 0) is 19.1 Å². The summed E-state index contributed by atoms with van der Waals surface area (Å²) < 4.78 is 11.9. The molecule has 8 nitrogen and oxygen atoms in total. The topological polar surface area (TPSA) is 108 Å². The molecule has 1 unspecified atom stereocenters. The number of carbonyl (C=O) groups excluding carboxylic acids is 2. The number of hydrogen-bond donors (Lipinski definition) is 3. The second kappa shape index (κ2) is 22.1. The van der Waals surface area contributed by atoms with Crippen molar-refractivity contribution in [3.63, 3.8) is 0 Å². The molecule has 3 N–H and O–H groups in total. The van der Waals surface area contributed by atoms with Crippen molar-refractivity contribution >= 4 is 35.2 Å². The van der Waals surface area contributed by atoms with E-state index < -0.39 is 47.2 Å². The number of likely N-dealkylation sites (N-methyl/N-ethyl adjacent to an activating group) is 1. The van der Waals surface area contributed by atoms with Gasteiger partial charge in [0.1, 0.15) is 23.7 Å². The molecule has 10 heteroatoms. The van der Waals surface area contributed by atoms with Gasteiger partial charge in [0.2, 0.25) is 5.91 Å². The number of carbonyl (C=O) groups is 2. The molecule has 0 aliphatic carbocycles. The monoisotopic (exact) mass is 662 g/mol. The molecule has 0 saturated carbocycles. The number of esters is 1. The minimum Gasteiger partial charge on any atom is -0.456 e. The number of nitrogens with zero attached hydrogens (tertiary/aromatic N) is 1. The number of alkyl halides is 1. The van der Waals surface area contributed by atoms with Gasteiger partial charge in [-0.15, -0.1) is 23.4 Å². The standard InChI is InChI=1S/C34H63ClN2O6S/c1-6-8-9-10-11-12-13-14-15-16-17-18-19-21-27(38)42-32-30(40)29(39)31(43-34(32)44-5)28(24(3)35)36-33(41)26-22-25(20-7-2)23-37(26)4/h24-26,28-32,34,39-40H,6-23H2,1-5H3,(H,36,41)/t24?,25-,26-,28+,29-,30+,31-,32-,34-/m1/s1. The van der Waals surface area contributed by atoms with E-state index in [1.807, 2.05) is 7.05 Å². The Morgan fingerprint density at radius 3 is 2.05 bits per heavy atom. The van der Waals surface area contributed by atoms with Gasteiger partial charge in [0.25, 0.3) is 0 Å². The fourth-order valence-corrected chi connectivity index (χ4v) is 7.65. The van der Waals surface area contributed by atoms with Gasteiger partial charge in [-0.1, -0.05) is 97.3 Å². The van der Waals surface area contributed by atoms with Crippen LogP contribution in [0.25, 0.3) is 0 Å². The summed E-state index contributed by atoms with van der Waals surface area (Å²) in [6.07, 6.45) is 16.3. The quantitative estimate of drug-likeness (QED) is 0.0693. The molecule has 2 saturated heterocycles. The SMILES string of the molecule is CCCCCCCCCCCCCCCC(=O)O[C@@H]1[C@@H](O)[C@@H](O)[C@@H]([C@@H](NC(=O)[C@H]2C[C@@H](CCC)CN2C)C(C)Cl)O[C@@H]1SC. The Morgan fingerprint density at radius 1 is 0.955 bits per heavy atom. The molecule has 0 aromatic heterocycles. The summed E-state index contributed by atoms with van der Waals surface area (Å²) in [7, 11) is 1.95. The van der Waals surface area contributed by atoms with Crippen molar-refractivity contribution in [3.05, 3.63) is 0 Å². The van der Waals surface area contributed by atoms with E-state index in [0.29, 0.717) is 5.92 Å². The van der Waals surface area contributed by atoms with Crippen molar-refractivity contribution in [2.75, 3.05) is 19.8 Å². The Morgan fingerprint density at radius 2 is 1.52 bits per heavy atom. The number of likely N-dealkylation sites (tertiary alicyclic amines) is 1. The number of thioether (sulfide) groups is 1. The van der Waals surface area contributed by atoms with Crippen LogP contribution in [0.4, 0.5) is 0 Å². The highest BCUT2D eigenvalue weighted by Gasteiger charge is 2.50. The molecule has 2 aliphatic rings. The number of unbranched alkanes of at least 4 members (excludes halogenated alkanes) is 12. The molecular formula is C34H63ClN2O6S. The van der Waals surface area contributed by atoms with E-state index >= 15 is 0 Å². The number of aliphatic hydroxyl groups excluding tert-OH is 2. The summed E-state index contributed by atoms with van der Waals surface area (Å²) in [4.78, 5) is 28.0. The van der Waals surface area contributed by atoms with Crippen LogP contribution in [-0.4, -0.2) is 94.2 Å². The van der Waals surface area contributed by atoms with Gasteiger partial charge in [-0.05, 0) is 45.4 Å². The first kappa shape index (κ1) is 39.6. The Bertz CT molecular complexity index is 806. The lowest BCUT2D eigenvalue weighted by Crippen LogP contribution is -2.65.